The van der Waals surface area contributed by atoms with E-state index in [1.54, 1.807) is 4.57 Å². The highest BCUT2D eigenvalue weighted by atomic mass is 16.3. The Kier molecular flexibility index (Phi) is 4.89. The third kappa shape index (κ3) is 3.35. The third-order valence-electron chi connectivity index (χ3n) is 6.88. The molecule has 0 bridgehead atoms. The molecule has 0 aliphatic rings. The molecule has 0 saturated carbocycles. The molecule has 188 valence electrons. The highest BCUT2D eigenvalue weighted by Crippen LogP contribution is 2.53. The number of aromatic hydroxyl groups is 4. The number of nitrogens with zero attached hydrogens (tertiary/aromatic N) is 4. The van der Waals surface area contributed by atoms with Crippen LogP contribution in [0.2, 0.25) is 0 Å². The lowest BCUT2D eigenvalue weighted by Crippen LogP contribution is -2.06. The summed E-state index contributed by atoms with van der Waals surface area (Å²) in [5.41, 5.74) is 2.14. The summed E-state index contributed by atoms with van der Waals surface area (Å²) in [5, 5.41) is 45.6. The molecule has 8 nitrogen and oxygen atoms in total. The summed E-state index contributed by atoms with van der Waals surface area (Å²) in [5.74, 6) is -1.84. The quantitative estimate of drug-likeness (QED) is 0.162. The van der Waals surface area contributed by atoms with Gasteiger partial charge in [0.15, 0.2) is 23.1 Å². The highest BCUT2D eigenvalue weighted by Gasteiger charge is 2.28. The van der Waals surface area contributed by atoms with E-state index in [0.717, 1.165) is 21.9 Å². The molecule has 0 unspecified atom stereocenters. The van der Waals surface area contributed by atoms with Crippen molar-refractivity contribution in [3.63, 3.8) is 0 Å². The van der Waals surface area contributed by atoms with Crippen LogP contribution in [-0.2, 0) is 0 Å². The molecule has 39 heavy (non-hydrogen) atoms. The minimum Gasteiger partial charge on any atom is -0.504 e. The van der Waals surface area contributed by atoms with Crippen molar-refractivity contribution < 1.29 is 20.4 Å². The first kappa shape index (κ1) is 22.6. The Morgan fingerprint density at radius 3 is 1.69 bits per heavy atom. The van der Waals surface area contributed by atoms with Gasteiger partial charge in [-0.15, -0.1) is 0 Å². The van der Waals surface area contributed by atoms with E-state index < -0.39 is 23.0 Å². The first-order valence-electron chi connectivity index (χ1n) is 12.2. The van der Waals surface area contributed by atoms with Gasteiger partial charge in [-0.2, -0.15) is 9.97 Å². The molecule has 5 aromatic carbocycles. The van der Waals surface area contributed by atoms with Gasteiger partial charge in [0, 0.05) is 16.5 Å². The average Bonchev–Trinajstić information content (AvgIpc) is 3.35. The van der Waals surface area contributed by atoms with Gasteiger partial charge in [-0.25, -0.2) is 4.98 Å². The molecule has 8 heteroatoms. The lowest BCUT2D eigenvalue weighted by molar-refractivity contribution is 0.350. The zero-order chi connectivity index (χ0) is 26.7. The topological polar surface area (TPSA) is 125 Å². The fraction of sp³-hybridized carbons (Fsp3) is 0. The van der Waals surface area contributed by atoms with Gasteiger partial charge >= 0.3 is 0 Å². The lowest BCUT2D eigenvalue weighted by atomic mass is 10.0. The van der Waals surface area contributed by atoms with Crippen molar-refractivity contribution in [2.24, 2.45) is 0 Å². The van der Waals surface area contributed by atoms with Crippen molar-refractivity contribution >= 4 is 32.6 Å². The molecule has 0 aliphatic carbocycles. The Balaban J connectivity index is 1.67. The molecular formula is C31H20N4O4. The summed E-state index contributed by atoms with van der Waals surface area (Å²) < 4.78 is 1.58. The fourth-order valence-electron chi connectivity index (χ4n) is 5.07. The lowest BCUT2D eigenvalue weighted by Gasteiger charge is -2.12. The molecule has 0 atom stereocenters. The van der Waals surface area contributed by atoms with Gasteiger partial charge in [0.05, 0.1) is 10.9 Å². The van der Waals surface area contributed by atoms with Crippen LogP contribution in [0.3, 0.4) is 0 Å². The Morgan fingerprint density at radius 1 is 0.487 bits per heavy atom. The molecule has 0 fully saturated rings. The number of phenols is 4. The van der Waals surface area contributed by atoms with Crippen molar-refractivity contribution in [2.45, 2.75) is 0 Å². The van der Waals surface area contributed by atoms with Crippen LogP contribution < -0.4 is 0 Å². The van der Waals surface area contributed by atoms with Crippen LogP contribution in [-0.4, -0.2) is 39.9 Å². The molecule has 0 spiro atoms. The smallest absolute Gasteiger partial charge is 0.238 e. The van der Waals surface area contributed by atoms with E-state index in [0.29, 0.717) is 22.6 Å². The fourth-order valence-corrected chi connectivity index (χ4v) is 5.07. The summed E-state index contributed by atoms with van der Waals surface area (Å²) in [4.78, 5) is 14.3. The van der Waals surface area contributed by atoms with Gasteiger partial charge in [0.2, 0.25) is 17.4 Å². The average molecular weight is 513 g/mol. The predicted octanol–water partition coefficient (Wildman–Crippen LogP) is 6.28. The molecule has 7 rings (SSSR count). The number of rotatable bonds is 3. The largest absolute Gasteiger partial charge is 0.504 e. The number of benzene rings is 5. The molecular weight excluding hydrogens is 492 g/mol. The van der Waals surface area contributed by atoms with Crippen molar-refractivity contribution in [1.82, 2.24) is 19.5 Å². The van der Waals surface area contributed by atoms with Crippen LogP contribution in [0.4, 0.5) is 0 Å². The Hall–Kier alpha value is -5.63. The van der Waals surface area contributed by atoms with Crippen LogP contribution in [0.15, 0.2) is 97.1 Å². The second kappa shape index (κ2) is 8.46. The zero-order valence-corrected chi connectivity index (χ0v) is 20.3. The maximum absolute atomic E-state index is 11.1. The summed E-state index contributed by atoms with van der Waals surface area (Å²) in [6.07, 6.45) is 0. The van der Waals surface area contributed by atoms with Crippen LogP contribution >= 0.6 is 0 Å². The van der Waals surface area contributed by atoms with Crippen LogP contribution in [0.25, 0.3) is 61.3 Å². The van der Waals surface area contributed by atoms with E-state index in [9.17, 15) is 20.4 Å². The second-order valence-corrected chi connectivity index (χ2v) is 9.15. The maximum atomic E-state index is 11.1. The summed E-state index contributed by atoms with van der Waals surface area (Å²) >= 11 is 0. The van der Waals surface area contributed by atoms with Gasteiger partial charge in [-0.3, -0.25) is 4.57 Å². The summed E-state index contributed by atoms with van der Waals surface area (Å²) in [6.45, 7) is 0. The normalized spacial score (nSPS) is 11.5. The number of hydrogen-bond donors (Lipinski definition) is 4. The predicted molar refractivity (Wildman–Crippen MR) is 149 cm³/mol. The monoisotopic (exact) mass is 512 g/mol. The number of phenolic OH excluding ortho intramolecular Hbond substituents is 4. The van der Waals surface area contributed by atoms with E-state index in [2.05, 4.69) is 0 Å². The molecule has 0 amide bonds. The van der Waals surface area contributed by atoms with Crippen molar-refractivity contribution in [2.75, 3.05) is 0 Å². The van der Waals surface area contributed by atoms with Crippen LogP contribution in [0.5, 0.6) is 23.0 Å². The number of aromatic nitrogens is 4. The van der Waals surface area contributed by atoms with Gasteiger partial charge in [-0.05, 0) is 16.8 Å². The molecule has 0 radical (unpaired) electrons. The van der Waals surface area contributed by atoms with Crippen molar-refractivity contribution in [1.29, 1.82) is 0 Å². The van der Waals surface area contributed by atoms with E-state index in [4.69, 9.17) is 15.0 Å². The second-order valence-electron chi connectivity index (χ2n) is 9.15. The molecule has 7 aromatic rings. The Morgan fingerprint density at radius 2 is 1.05 bits per heavy atom. The molecule has 2 heterocycles. The van der Waals surface area contributed by atoms with Crippen LogP contribution in [0.1, 0.15) is 0 Å². The third-order valence-corrected chi connectivity index (χ3v) is 6.88. The standard InChI is InChI=1S/C31H20N4O4/c36-25-23-22-20-14-8-7-9-17(20)15-16-21(22)35(24(23)26(37)28(39)27(25)38)31-33-29(18-10-3-1-4-11-18)32-30(34-31)19-12-5-2-6-13-19/h1-16,36-39H. The highest BCUT2D eigenvalue weighted by molar-refractivity contribution is 6.24. The van der Waals surface area contributed by atoms with Gasteiger partial charge in [-0.1, -0.05) is 91.0 Å². The minimum atomic E-state index is -0.839. The number of hydrogen-bond acceptors (Lipinski definition) is 7. The molecule has 2 aromatic heterocycles. The van der Waals surface area contributed by atoms with E-state index >= 15 is 0 Å². The molecule has 0 saturated heterocycles. The molecule has 4 N–H and O–H groups in total. The first-order chi connectivity index (χ1) is 19.0. The van der Waals surface area contributed by atoms with Gasteiger partial charge < -0.3 is 20.4 Å². The van der Waals surface area contributed by atoms with Gasteiger partial charge in [0.1, 0.15) is 5.52 Å². The van der Waals surface area contributed by atoms with E-state index in [-0.39, 0.29) is 16.9 Å². The Labute approximate surface area is 221 Å². The zero-order valence-electron chi connectivity index (χ0n) is 20.3. The summed E-state index contributed by atoms with van der Waals surface area (Å²) in [7, 11) is 0. The SMILES string of the molecule is Oc1c(O)c(O)c2c(c1O)c1c3ccccc3ccc1n2-c1nc(-c2ccccc2)nc(-c2ccccc2)n1. The van der Waals surface area contributed by atoms with Crippen molar-refractivity contribution in [3.8, 4) is 51.7 Å². The Bertz CT molecular complexity index is 2000. The minimum absolute atomic E-state index is 0.0541. The van der Waals surface area contributed by atoms with E-state index in [1.807, 2.05) is 97.1 Å². The first-order valence-corrected chi connectivity index (χ1v) is 12.2. The van der Waals surface area contributed by atoms with Crippen LogP contribution in [0, 0.1) is 0 Å². The van der Waals surface area contributed by atoms with Gasteiger partial charge in [0.25, 0.3) is 0 Å². The van der Waals surface area contributed by atoms with Crippen molar-refractivity contribution in [3.05, 3.63) is 97.1 Å². The number of fused-ring (bicyclic) bond motifs is 5. The summed E-state index contributed by atoms with van der Waals surface area (Å²) in [6, 6.07) is 30.2. The molecule has 0 aliphatic heterocycles. The van der Waals surface area contributed by atoms with E-state index in [1.165, 1.54) is 0 Å². The maximum Gasteiger partial charge on any atom is 0.238 e.